The SMILES string of the molecule is CC1OCCC1Nc1ccc(N)cc1Br. The molecular weight excluding hydrogens is 256 g/mol. The smallest absolute Gasteiger partial charge is 0.0748 e. The van der Waals surface area contributed by atoms with E-state index in [2.05, 4.69) is 28.2 Å². The van der Waals surface area contributed by atoms with Gasteiger partial charge in [-0.1, -0.05) is 0 Å². The van der Waals surface area contributed by atoms with E-state index in [0.717, 1.165) is 28.9 Å². The highest BCUT2D eigenvalue weighted by Crippen LogP contribution is 2.27. The predicted octanol–water partition coefficient (Wildman–Crippen LogP) is 2.62. The van der Waals surface area contributed by atoms with Gasteiger partial charge in [0.1, 0.15) is 0 Å². The molecular formula is C11H15BrN2O. The highest BCUT2D eigenvalue weighted by Gasteiger charge is 2.24. The second-order valence-electron chi connectivity index (χ2n) is 3.85. The number of nitrogens with two attached hydrogens (primary N) is 1. The van der Waals surface area contributed by atoms with Crippen LogP contribution >= 0.6 is 15.9 Å². The van der Waals surface area contributed by atoms with Crippen LogP contribution in [-0.4, -0.2) is 18.8 Å². The molecule has 82 valence electrons. The lowest BCUT2D eigenvalue weighted by atomic mass is 10.1. The first-order chi connectivity index (χ1) is 7.16. The van der Waals surface area contributed by atoms with Crippen molar-refractivity contribution >= 4 is 27.3 Å². The molecule has 2 atom stereocenters. The largest absolute Gasteiger partial charge is 0.399 e. The molecule has 0 spiro atoms. The van der Waals surface area contributed by atoms with Crippen LogP contribution in [0, 0.1) is 0 Å². The fourth-order valence-corrected chi connectivity index (χ4v) is 2.28. The molecule has 1 aromatic rings. The Bertz CT molecular complexity index is 356. The van der Waals surface area contributed by atoms with Gasteiger partial charge in [-0.15, -0.1) is 0 Å². The van der Waals surface area contributed by atoms with Crippen LogP contribution in [0.5, 0.6) is 0 Å². The van der Waals surface area contributed by atoms with Crippen LogP contribution in [0.1, 0.15) is 13.3 Å². The van der Waals surface area contributed by atoms with Crippen LogP contribution in [0.25, 0.3) is 0 Å². The van der Waals surface area contributed by atoms with Gasteiger partial charge in [-0.3, -0.25) is 0 Å². The Hall–Kier alpha value is -0.740. The van der Waals surface area contributed by atoms with Crippen molar-refractivity contribution in [3.05, 3.63) is 22.7 Å². The van der Waals surface area contributed by atoms with Gasteiger partial charge in [0.15, 0.2) is 0 Å². The number of nitrogen functional groups attached to an aromatic ring is 1. The third kappa shape index (κ3) is 2.44. The second-order valence-corrected chi connectivity index (χ2v) is 4.71. The molecule has 1 saturated heterocycles. The summed E-state index contributed by atoms with van der Waals surface area (Å²) in [6.07, 6.45) is 1.33. The maximum absolute atomic E-state index is 5.68. The Labute approximate surface area is 98.1 Å². The number of nitrogens with one attached hydrogen (secondary N) is 1. The first-order valence-corrected chi connectivity index (χ1v) is 5.89. The van der Waals surface area contributed by atoms with Crippen molar-refractivity contribution in [2.75, 3.05) is 17.7 Å². The first-order valence-electron chi connectivity index (χ1n) is 5.10. The van der Waals surface area contributed by atoms with Crippen LogP contribution in [0.3, 0.4) is 0 Å². The van der Waals surface area contributed by atoms with Gasteiger partial charge in [-0.2, -0.15) is 0 Å². The molecule has 0 bridgehead atoms. The molecule has 0 aromatic heterocycles. The lowest BCUT2D eigenvalue weighted by Gasteiger charge is -2.18. The molecule has 1 fully saturated rings. The molecule has 0 amide bonds. The number of hydrogen-bond donors (Lipinski definition) is 2. The zero-order valence-corrected chi connectivity index (χ0v) is 10.3. The van der Waals surface area contributed by atoms with Crippen LogP contribution in [0.4, 0.5) is 11.4 Å². The van der Waals surface area contributed by atoms with Crippen molar-refractivity contribution in [1.29, 1.82) is 0 Å². The summed E-state index contributed by atoms with van der Waals surface area (Å²) in [6.45, 7) is 2.93. The number of hydrogen-bond acceptors (Lipinski definition) is 3. The summed E-state index contributed by atoms with van der Waals surface area (Å²) in [5.41, 5.74) is 7.52. The minimum absolute atomic E-state index is 0.273. The molecule has 3 N–H and O–H groups in total. The molecule has 15 heavy (non-hydrogen) atoms. The van der Waals surface area contributed by atoms with E-state index in [1.807, 2.05) is 18.2 Å². The van der Waals surface area contributed by atoms with Crippen LogP contribution in [-0.2, 0) is 4.74 Å². The predicted molar refractivity (Wildman–Crippen MR) is 66.0 cm³/mol. The van der Waals surface area contributed by atoms with E-state index in [1.165, 1.54) is 0 Å². The van der Waals surface area contributed by atoms with Gasteiger partial charge in [-0.05, 0) is 47.5 Å². The monoisotopic (exact) mass is 270 g/mol. The molecule has 1 heterocycles. The molecule has 4 heteroatoms. The summed E-state index contributed by atoms with van der Waals surface area (Å²) in [4.78, 5) is 0. The van der Waals surface area contributed by atoms with Gasteiger partial charge in [0, 0.05) is 22.5 Å². The fourth-order valence-electron chi connectivity index (χ4n) is 1.77. The van der Waals surface area contributed by atoms with E-state index in [9.17, 15) is 0 Å². The Balaban J connectivity index is 2.10. The molecule has 1 aliphatic heterocycles. The molecule has 2 unspecified atom stereocenters. The number of halogens is 1. The van der Waals surface area contributed by atoms with Gasteiger partial charge < -0.3 is 15.8 Å². The fraction of sp³-hybridized carbons (Fsp3) is 0.455. The van der Waals surface area contributed by atoms with Crippen molar-refractivity contribution in [2.24, 2.45) is 0 Å². The second kappa shape index (κ2) is 4.41. The van der Waals surface area contributed by atoms with Crippen molar-refractivity contribution in [2.45, 2.75) is 25.5 Å². The molecule has 1 aromatic carbocycles. The van der Waals surface area contributed by atoms with Gasteiger partial charge >= 0.3 is 0 Å². The Morgan fingerprint density at radius 2 is 2.33 bits per heavy atom. The maximum Gasteiger partial charge on any atom is 0.0748 e. The standard InChI is InChI=1S/C11H15BrN2O/c1-7-10(4-5-15-7)14-11-3-2-8(13)6-9(11)12/h2-3,6-7,10,14H,4-5,13H2,1H3. The van der Waals surface area contributed by atoms with E-state index >= 15 is 0 Å². The zero-order valence-electron chi connectivity index (χ0n) is 8.66. The summed E-state index contributed by atoms with van der Waals surface area (Å²) in [6, 6.07) is 6.19. The van der Waals surface area contributed by atoms with Crippen molar-refractivity contribution < 1.29 is 4.74 Å². The number of ether oxygens (including phenoxy) is 1. The summed E-state index contributed by atoms with van der Waals surface area (Å²) < 4.78 is 6.50. The normalized spacial score (nSPS) is 25.5. The topological polar surface area (TPSA) is 47.3 Å². The minimum Gasteiger partial charge on any atom is -0.399 e. The molecule has 0 saturated carbocycles. The van der Waals surface area contributed by atoms with E-state index in [4.69, 9.17) is 10.5 Å². The number of anilines is 2. The first kappa shape index (κ1) is 10.8. The van der Waals surface area contributed by atoms with Crippen LogP contribution < -0.4 is 11.1 Å². The van der Waals surface area contributed by atoms with Crippen molar-refractivity contribution in [3.8, 4) is 0 Å². The average molecular weight is 271 g/mol. The third-order valence-electron chi connectivity index (χ3n) is 2.71. The van der Waals surface area contributed by atoms with E-state index in [-0.39, 0.29) is 6.10 Å². The molecule has 0 aliphatic carbocycles. The Morgan fingerprint density at radius 1 is 1.53 bits per heavy atom. The molecule has 1 aliphatic rings. The van der Waals surface area contributed by atoms with E-state index in [0.29, 0.717) is 6.04 Å². The van der Waals surface area contributed by atoms with E-state index < -0.39 is 0 Å². The molecule has 0 radical (unpaired) electrons. The Morgan fingerprint density at radius 3 is 2.93 bits per heavy atom. The van der Waals surface area contributed by atoms with Crippen molar-refractivity contribution in [1.82, 2.24) is 0 Å². The summed E-state index contributed by atoms with van der Waals surface area (Å²) >= 11 is 3.49. The van der Waals surface area contributed by atoms with E-state index in [1.54, 1.807) is 0 Å². The average Bonchev–Trinajstić information content (AvgIpc) is 2.57. The third-order valence-corrected chi connectivity index (χ3v) is 3.37. The minimum atomic E-state index is 0.273. The highest BCUT2D eigenvalue weighted by atomic mass is 79.9. The van der Waals surface area contributed by atoms with Gasteiger partial charge in [0.05, 0.1) is 12.1 Å². The van der Waals surface area contributed by atoms with Crippen LogP contribution in [0.2, 0.25) is 0 Å². The van der Waals surface area contributed by atoms with Crippen molar-refractivity contribution in [3.63, 3.8) is 0 Å². The zero-order chi connectivity index (χ0) is 10.8. The number of benzene rings is 1. The van der Waals surface area contributed by atoms with Gasteiger partial charge in [0.25, 0.3) is 0 Å². The highest BCUT2D eigenvalue weighted by molar-refractivity contribution is 9.10. The summed E-state index contributed by atoms with van der Waals surface area (Å²) in [7, 11) is 0. The number of rotatable bonds is 2. The van der Waals surface area contributed by atoms with Crippen LogP contribution in [0.15, 0.2) is 22.7 Å². The maximum atomic E-state index is 5.68. The quantitative estimate of drug-likeness (QED) is 0.813. The lowest BCUT2D eigenvalue weighted by molar-refractivity contribution is 0.121. The molecule has 2 rings (SSSR count). The lowest BCUT2D eigenvalue weighted by Crippen LogP contribution is -2.26. The summed E-state index contributed by atoms with van der Waals surface area (Å²) in [5, 5.41) is 3.46. The Kier molecular flexibility index (Phi) is 3.17. The van der Waals surface area contributed by atoms with Gasteiger partial charge in [-0.25, -0.2) is 0 Å². The molecule has 3 nitrogen and oxygen atoms in total. The summed E-state index contributed by atoms with van der Waals surface area (Å²) in [5.74, 6) is 0. The van der Waals surface area contributed by atoms with Gasteiger partial charge in [0.2, 0.25) is 0 Å².